The molecule has 9 atom stereocenters. The Morgan fingerprint density at radius 3 is 1.58 bits per heavy atom. The first kappa shape index (κ1) is 49.5. The number of carbonyl (C=O) groups is 5. The van der Waals surface area contributed by atoms with Gasteiger partial charge in [0, 0.05) is 27.6 Å². The minimum absolute atomic E-state index is 0.0148. The highest BCUT2D eigenvalue weighted by Crippen LogP contribution is 2.28. The zero-order valence-corrected chi connectivity index (χ0v) is 35.5. The summed E-state index contributed by atoms with van der Waals surface area (Å²) in [5, 5.41) is 30.6. The number of aliphatic hydroxyl groups excluding tert-OH is 3. The van der Waals surface area contributed by atoms with E-state index in [-0.39, 0.29) is 12.5 Å². The monoisotopic (exact) mass is 778 g/mol. The van der Waals surface area contributed by atoms with Gasteiger partial charge in [-0.05, 0) is 83.6 Å². The molecule has 0 aliphatic rings. The van der Waals surface area contributed by atoms with Crippen molar-refractivity contribution in [1.82, 2.24) is 14.7 Å². The molecule has 0 aliphatic heterocycles. The zero-order valence-electron chi connectivity index (χ0n) is 35.5. The lowest BCUT2D eigenvalue weighted by Crippen LogP contribution is -2.60. The van der Waals surface area contributed by atoms with E-state index in [0.29, 0.717) is 44.9 Å². The van der Waals surface area contributed by atoms with Crippen LogP contribution < -0.4 is 0 Å². The molecule has 3 unspecified atom stereocenters. The number of aliphatic hydroxyl groups is 3. The van der Waals surface area contributed by atoms with E-state index in [1.54, 1.807) is 41.5 Å². The number of likely N-dealkylation sites (N-methyl/N-ethyl adjacent to an activating group) is 3. The summed E-state index contributed by atoms with van der Waals surface area (Å²) in [5.74, 6) is -3.71. The number of rotatable bonds is 23. The molecule has 314 valence electrons. The molecular weight excluding hydrogens is 706 g/mol. The smallest absolute Gasteiger partial charge is 0.410 e. The van der Waals surface area contributed by atoms with E-state index in [1.165, 1.54) is 35.8 Å². The van der Waals surface area contributed by atoms with E-state index < -0.39 is 90.0 Å². The largest absolute Gasteiger partial charge is 0.458 e. The Morgan fingerprint density at radius 2 is 1.13 bits per heavy atom. The summed E-state index contributed by atoms with van der Waals surface area (Å²) in [5.41, 5.74) is -0.106. The lowest BCUT2D eigenvalue weighted by Gasteiger charge is -2.41. The molecule has 0 saturated heterocycles. The summed E-state index contributed by atoms with van der Waals surface area (Å²) in [6.45, 7) is 15.7. The fraction of sp³-hybridized carbons (Fsp3) is 0.738. The lowest BCUT2D eigenvalue weighted by atomic mass is 9.87. The van der Waals surface area contributed by atoms with Crippen molar-refractivity contribution in [1.29, 1.82) is 0 Å². The number of carbonyl (C=O) groups excluding carboxylic acids is 5. The fourth-order valence-electron chi connectivity index (χ4n) is 6.90. The second-order valence-corrected chi connectivity index (χ2v) is 16.5. The van der Waals surface area contributed by atoms with Crippen molar-refractivity contribution in [3.8, 4) is 0 Å². The number of ether oxygens (including phenoxy) is 2. The van der Waals surface area contributed by atoms with Gasteiger partial charge in [0.05, 0.1) is 18.2 Å². The second-order valence-electron chi connectivity index (χ2n) is 16.5. The average molecular weight is 778 g/mol. The molecule has 0 aromatic heterocycles. The zero-order chi connectivity index (χ0) is 42.2. The molecule has 0 saturated carbocycles. The highest BCUT2D eigenvalue weighted by molar-refractivity contribution is 5.95. The van der Waals surface area contributed by atoms with Gasteiger partial charge in [-0.15, -0.1) is 0 Å². The molecule has 1 aromatic carbocycles. The van der Waals surface area contributed by atoms with Gasteiger partial charge in [0.2, 0.25) is 11.8 Å². The quantitative estimate of drug-likeness (QED) is 0.123. The van der Waals surface area contributed by atoms with Crippen LogP contribution in [0.25, 0.3) is 0 Å². The molecule has 0 heterocycles. The van der Waals surface area contributed by atoms with Gasteiger partial charge < -0.3 is 34.6 Å². The Labute approximate surface area is 329 Å². The molecule has 0 radical (unpaired) electrons. The average Bonchev–Trinajstić information content (AvgIpc) is 3.09. The van der Waals surface area contributed by atoms with Gasteiger partial charge in [0.15, 0.2) is 11.9 Å². The molecule has 0 fully saturated rings. The minimum Gasteiger partial charge on any atom is -0.458 e. The van der Waals surface area contributed by atoms with Crippen LogP contribution in [0.4, 0.5) is 4.79 Å². The molecular formula is C42H71N3O10. The number of esters is 1. The van der Waals surface area contributed by atoms with Crippen LogP contribution in [0.5, 0.6) is 0 Å². The summed E-state index contributed by atoms with van der Waals surface area (Å²) in [4.78, 5) is 73.4. The Morgan fingerprint density at radius 1 is 0.673 bits per heavy atom. The Balaban J connectivity index is 3.60. The first-order chi connectivity index (χ1) is 25.5. The van der Waals surface area contributed by atoms with Gasteiger partial charge >= 0.3 is 12.1 Å². The maximum Gasteiger partial charge on any atom is 0.410 e. The molecule has 3 amide bonds. The van der Waals surface area contributed by atoms with E-state index in [2.05, 4.69) is 0 Å². The lowest BCUT2D eigenvalue weighted by molar-refractivity contribution is -0.167. The van der Waals surface area contributed by atoms with Gasteiger partial charge in [-0.2, -0.15) is 0 Å². The highest BCUT2D eigenvalue weighted by Gasteiger charge is 2.43. The van der Waals surface area contributed by atoms with Gasteiger partial charge in [0.25, 0.3) is 0 Å². The summed E-state index contributed by atoms with van der Waals surface area (Å²) in [6.07, 6.45) is -0.617. The normalized spacial score (nSPS) is 16.6. The van der Waals surface area contributed by atoms with E-state index in [4.69, 9.17) is 9.47 Å². The number of benzene rings is 1. The number of hydrogen-bond acceptors (Lipinski definition) is 10. The molecule has 0 aliphatic carbocycles. The highest BCUT2D eigenvalue weighted by atomic mass is 16.6. The maximum absolute atomic E-state index is 14.8. The standard InChI is InChI=1S/C42H71N3O10/c1-13-27(2)36(45(12)41(53)54-26-32-23-15-14-16-24-32)38(50)44(11)37(29(4)20-18-22-31(6)47)39(51)43(10)35(28(3)19-17-21-30(5)46)33(48)25-34(49)40(52)55-42(7,8)9/h14-16,23-24,27-31,34-37,46-47,49H,13,17-22,25-26H2,1-12H3/t27-,28-,29-,30?,31?,34?,35-,36-,37-/m0/s1. The van der Waals surface area contributed by atoms with E-state index in [1.807, 2.05) is 51.1 Å². The number of amides is 3. The first-order valence-corrected chi connectivity index (χ1v) is 19.8. The van der Waals surface area contributed by atoms with Crippen LogP contribution in [0.15, 0.2) is 30.3 Å². The van der Waals surface area contributed by atoms with Gasteiger partial charge in [-0.3, -0.25) is 19.3 Å². The van der Waals surface area contributed by atoms with Crippen molar-refractivity contribution >= 4 is 29.7 Å². The number of Topliss-reactive ketones (excluding diaryl/α,β-unsaturated/α-hetero) is 1. The SMILES string of the molecule is CC[C@H](C)[C@@H](C(=O)N(C)[C@H](C(=O)N(C)[C@H](C(=O)CC(O)C(=O)OC(C)(C)C)[C@@H](C)CCCC(C)O)[C@@H](C)CCCC(C)O)N(C)C(=O)OCc1ccccc1. The Bertz CT molecular complexity index is 1350. The molecule has 0 spiro atoms. The third kappa shape index (κ3) is 16.6. The van der Waals surface area contributed by atoms with Crippen LogP contribution >= 0.6 is 0 Å². The summed E-state index contributed by atoms with van der Waals surface area (Å²) in [6, 6.07) is 6.03. The number of ketones is 1. The van der Waals surface area contributed by atoms with Crippen LogP contribution in [0.3, 0.4) is 0 Å². The van der Waals surface area contributed by atoms with Crippen LogP contribution in [0.2, 0.25) is 0 Å². The van der Waals surface area contributed by atoms with Crippen molar-refractivity contribution in [3.05, 3.63) is 35.9 Å². The van der Waals surface area contributed by atoms with Crippen molar-refractivity contribution in [2.45, 2.75) is 162 Å². The summed E-state index contributed by atoms with van der Waals surface area (Å²) >= 11 is 0. The van der Waals surface area contributed by atoms with E-state index >= 15 is 0 Å². The van der Waals surface area contributed by atoms with Gasteiger partial charge in [-0.1, -0.05) is 77.3 Å². The Hall–Kier alpha value is -3.55. The van der Waals surface area contributed by atoms with E-state index in [9.17, 15) is 39.3 Å². The maximum atomic E-state index is 14.8. The van der Waals surface area contributed by atoms with E-state index in [0.717, 1.165) is 5.56 Å². The van der Waals surface area contributed by atoms with Crippen LogP contribution in [-0.4, -0.2) is 123 Å². The molecule has 1 aromatic rings. The third-order valence-corrected chi connectivity index (χ3v) is 10.2. The molecule has 13 heteroatoms. The summed E-state index contributed by atoms with van der Waals surface area (Å²) in [7, 11) is 4.52. The predicted octanol–water partition coefficient (Wildman–Crippen LogP) is 5.36. The first-order valence-electron chi connectivity index (χ1n) is 19.8. The molecule has 55 heavy (non-hydrogen) atoms. The van der Waals surface area contributed by atoms with Crippen molar-refractivity contribution in [3.63, 3.8) is 0 Å². The molecule has 13 nitrogen and oxygen atoms in total. The van der Waals surface area contributed by atoms with Crippen molar-refractivity contribution in [2.75, 3.05) is 21.1 Å². The minimum atomic E-state index is -1.75. The number of hydrogen-bond donors (Lipinski definition) is 3. The van der Waals surface area contributed by atoms with Gasteiger partial charge in [-0.25, -0.2) is 9.59 Å². The van der Waals surface area contributed by atoms with Crippen molar-refractivity contribution in [2.24, 2.45) is 17.8 Å². The third-order valence-electron chi connectivity index (χ3n) is 10.2. The predicted molar refractivity (Wildman–Crippen MR) is 212 cm³/mol. The summed E-state index contributed by atoms with van der Waals surface area (Å²) < 4.78 is 10.9. The second kappa shape index (κ2) is 23.5. The fourth-order valence-corrected chi connectivity index (χ4v) is 6.90. The number of nitrogens with zero attached hydrogens (tertiary/aromatic N) is 3. The van der Waals surface area contributed by atoms with Gasteiger partial charge in [0.1, 0.15) is 24.3 Å². The van der Waals surface area contributed by atoms with Crippen molar-refractivity contribution < 1.29 is 48.8 Å². The molecule has 0 bridgehead atoms. The molecule has 3 N–H and O–H groups in total. The molecule has 1 rings (SSSR count). The Kier molecular flexibility index (Phi) is 21.1. The van der Waals surface area contributed by atoms with Crippen LogP contribution in [0.1, 0.15) is 119 Å². The topological polar surface area (TPSA) is 174 Å². The van der Waals surface area contributed by atoms with Crippen LogP contribution in [-0.2, 0) is 35.3 Å². The van der Waals surface area contributed by atoms with Crippen LogP contribution in [0, 0.1) is 17.8 Å².